The Bertz CT molecular complexity index is 487. The number of nitrogens with zero attached hydrogens (tertiary/aromatic N) is 1. The molecule has 0 atom stereocenters. The molecule has 2 N–H and O–H groups in total. The molecular weight excluding hydrogens is 445 g/mol. The van der Waals surface area contributed by atoms with E-state index in [1.165, 1.54) is 5.56 Å². The van der Waals surface area contributed by atoms with E-state index in [4.69, 9.17) is 14.2 Å². The smallest absolute Gasteiger partial charge is 0.191 e. The Morgan fingerprint density at radius 3 is 2.65 bits per heavy atom. The molecule has 26 heavy (non-hydrogen) atoms. The Balaban J connectivity index is 0.00000625. The fourth-order valence-electron chi connectivity index (χ4n) is 2.27. The van der Waals surface area contributed by atoms with Crippen LogP contribution in [0.4, 0.5) is 0 Å². The molecule has 0 aromatic heterocycles. The van der Waals surface area contributed by atoms with E-state index in [-0.39, 0.29) is 24.0 Å². The zero-order chi connectivity index (χ0) is 18.2. The predicted molar refractivity (Wildman–Crippen MR) is 118 cm³/mol. The van der Waals surface area contributed by atoms with Gasteiger partial charge in [0.05, 0.1) is 20.3 Å². The number of halogens is 1. The summed E-state index contributed by atoms with van der Waals surface area (Å²) in [5.74, 6) is 1.77. The fraction of sp³-hybridized carbons (Fsp3) is 0.632. The van der Waals surface area contributed by atoms with Crippen molar-refractivity contribution in [3.63, 3.8) is 0 Å². The second kappa shape index (κ2) is 17.4. The van der Waals surface area contributed by atoms with Gasteiger partial charge in [-0.25, -0.2) is 0 Å². The Kier molecular flexibility index (Phi) is 16.7. The topological polar surface area (TPSA) is 64.1 Å². The largest absolute Gasteiger partial charge is 0.497 e. The highest BCUT2D eigenvalue weighted by molar-refractivity contribution is 14.0. The van der Waals surface area contributed by atoms with Crippen molar-refractivity contribution in [2.24, 2.45) is 4.99 Å². The Morgan fingerprint density at radius 1 is 1.08 bits per heavy atom. The van der Waals surface area contributed by atoms with Crippen LogP contribution < -0.4 is 15.4 Å². The van der Waals surface area contributed by atoms with Crippen LogP contribution in [0.15, 0.2) is 29.3 Å². The standard InChI is InChI=1S/C19H33N3O3.HI/c1-4-20-19(22-12-7-13-25-15-14-23-2)21-11-6-9-17-8-5-10-18(16-17)24-3;/h5,8,10,16H,4,6-7,9,11-15H2,1-3H3,(H2,20,21,22);1H. The van der Waals surface area contributed by atoms with Crippen LogP contribution in [0.1, 0.15) is 25.3 Å². The maximum absolute atomic E-state index is 5.45. The molecule has 0 saturated carbocycles. The maximum Gasteiger partial charge on any atom is 0.191 e. The number of methoxy groups -OCH3 is 2. The molecule has 0 fully saturated rings. The van der Waals surface area contributed by atoms with E-state index in [1.807, 2.05) is 12.1 Å². The summed E-state index contributed by atoms with van der Waals surface area (Å²) >= 11 is 0. The molecule has 0 radical (unpaired) electrons. The van der Waals surface area contributed by atoms with Gasteiger partial charge < -0.3 is 24.8 Å². The van der Waals surface area contributed by atoms with Crippen molar-refractivity contribution in [1.82, 2.24) is 10.6 Å². The maximum atomic E-state index is 5.45. The van der Waals surface area contributed by atoms with Gasteiger partial charge in [-0.3, -0.25) is 4.99 Å². The molecule has 0 aliphatic heterocycles. The molecule has 0 unspecified atom stereocenters. The van der Waals surface area contributed by atoms with Crippen molar-refractivity contribution in [1.29, 1.82) is 0 Å². The van der Waals surface area contributed by atoms with Gasteiger partial charge in [-0.15, -0.1) is 24.0 Å². The van der Waals surface area contributed by atoms with Gasteiger partial charge in [-0.1, -0.05) is 12.1 Å². The second-order valence-electron chi connectivity index (χ2n) is 5.60. The van der Waals surface area contributed by atoms with Gasteiger partial charge >= 0.3 is 0 Å². The molecule has 0 amide bonds. The summed E-state index contributed by atoms with van der Waals surface area (Å²) in [6, 6.07) is 8.20. The highest BCUT2D eigenvalue weighted by atomic mass is 127. The van der Waals surface area contributed by atoms with Crippen molar-refractivity contribution in [2.75, 3.05) is 53.7 Å². The molecule has 1 aromatic rings. The van der Waals surface area contributed by atoms with Crippen LogP contribution in [0.3, 0.4) is 0 Å². The number of hydrogen-bond donors (Lipinski definition) is 2. The van der Waals surface area contributed by atoms with Crippen molar-refractivity contribution in [3.8, 4) is 5.75 Å². The van der Waals surface area contributed by atoms with Crippen molar-refractivity contribution < 1.29 is 14.2 Å². The SMILES string of the molecule is CCNC(=NCCCc1cccc(OC)c1)NCCCOCCOC.I. The van der Waals surface area contributed by atoms with Gasteiger partial charge in [0.25, 0.3) is 0 Å². The number of rotatable bonds is 13. The van der Waals surface area contributed by atoms with Crippen LogP contribution in [0.2, 0.25) is 0 Å². The number of benzene rings is 1. The molecule has 1 aromatic carbocycles. The summed E-state index contributed by atoms with van der Waals surface area (Å²) in [6.07, 6.45) is 2.94. The zero-order valence-corrected chi connectivity index (χ0v) is 18.6. The number of aryl methyl sites for hydroxylation is 1. The summed E-state index contributed by atoms with van der Waals surface area (Å²) in [6.45, 7) is 6.57. The molecule has 0 saturated heterocycles. The summed E-state index contributed by atoms with van der Waals surface area (Å²) < 4.78 is 15.6. The number of aliphatic imine (C=N–C) groups is 1. The minimum absolute atomic E-state index is 0. The molecule has 150 valence electrons. The van der Waals surface area contributed by atoms with Gasteiger partial charge in [0, 0.05) is 33.4 Å². The first-order valence-corrected chi connectivity index (χ1v) is 9.02. The predicted octanol–water partition coefficient (Wildman–Crippen LogP) is 2.85. The van der Waals surface area contributed by atoms with E-state index < -0.39 is 0 Å². The molecule has 0 bridgehead atoms. The lowest BCUT2D eigenvalue weighted by molar-refractivity contribution is 0.0698. The molecule has 0 aliphatic carbocycles. The second-order valence-corrected chi connectivity index (χ2v) is 5.60. The van der Waals surface area contributed by atoms with E-state index in [9.17, 15) is 0 Å². The van der Waals surface area contributed by atoms with Crippen molar-refractivity contribution >= 4 is 29.9 Å². The van der Waals surface area contributed by atoms with Crippen LogP contribution in [-0.2, 0) is 15.9 Å². The van der Waals surface area contributed by atoms with E-state index in [0.29, 0.717) is 13.2 Å². The van der Waals surface area contributed by atoms with Crippen molar-refractivity contribution in [3.05, 3.63) is 29.8 Å². The van der Waals surface area contributed by atoms with Gasteiger partial charge in [-0.2, -0.15) is 0 Å². The monoisotopic (exact) mass is 479 g/mol. The highest BCUT2D eigenvalue weighted by Crippen LogP contribution is 2.13. The number of ether oxygens (including phenoxy) is 3. The first-order valence-electron chi connectivity index (χ1n) is 9.02. The van der Waals surface area contributed by atoms with E-state index >= 15 is 0 Å². The molecule has 0 aliphatic rings. The Labute approximate surface area is 175 Å². The van der Waals surface area contributed by atoms with E-state index in [1.54, 1.807) is 14.2 Å². The third kappa shape index (κ3) is 12.3. The molecule has 7 heteroatoms. The molecular formula is C19H34IN3O3. The molecule has 0 spiro atoms. The summed E-state index contributed by atoms with van der Waals surface area (Å²) in [5.41, 5.74) is 1.28. The van der Waals surface area contributed by atoms with Crippen LogP contribution in [-0.4, -0.2) is 59.6 Å². The first-order chi connectivity index (χ1) is 12.3. The van der Waals surface area contributed by atoms with E-state index in [2.05, 4.69) is 34.7 Å². The lowest BCUT2D eigenvalue weighted by Gasteiger charge is -2.11. The number of hydrogen-bond acceptors (Lipinski definition) is 4. The third-order valence-electron chi connectivity index (χ3n) is 3.56. The van der Waals surface area contributed by atoms with E-state index in [0.717, 1.165) is 57.2 Å². The van der Waals surface area contributed by atoms with Crippen LogP contribution in [0, 0.1) is 0 Å². The molecule has 6 nitrogen and oxygen atoms in total. The van der Waals surface area contributed by atoms with Gasteiger partial charge in [0.15, 0.2) is 5.96 Å². The highest BCUT2D eigenvalue weighted by Gasteiger charge is 1.99. The minimum Gasteiger partial charge on any atom is -0.497 e. The fourth-order valence-corrected chi connectivity index (χ4v) is 2.27. The number of nitrogens with one attached hydrogen (secondary N) is 2. The normalized spacial score (nSPS) is 11.0. The lowest BCUT2D eigenvalue weighted by Crippen LogP contribution is -2.38. The van der Waals surface area contributed by atoms with Gasteiger partial charge in [0.1, 0.15) is 5.75 Å². The summed E-state index contributed by atoms with van der Waals surface area (Å²) in [7, 11) is 3.37. The van der Waals surface area contributed by atoms with Gasteiger partial charge in [-0.05, 0) is 43.9 Å². The zero-order valence-electron chi connectivity index (χ0n) is 16.3. The van der Waals surface area contributed by atoms with Crippen molar-refractivity contribution in [2.45, 2.75) is 26.2 Å². The average molecular weight is 479 g/mol. The molecule has 1 rings (SSSR count). The Morgan fingerprint density at radius 2 is 1.92 bits per heavy atom. The summed E-state index contributed by atoms with van der Waals surface area (Å²) in [4.78, 5) is 4.62. The average Bonchev–Trinajstić information content (AvgIpc) is 2.64. The first kappa shape index (κ1) is 24.9. The third-order valence-corrected chi connectivity index (χ3v) is 3.56. The number of guanidine groups is 1. The van der Waals surface area contributed by atoms with Crippen LogP contribution in [0.5, 0.6) is 5.75 Å². The quantitative estimate of drug-likeness (QED) is 0.197. The summed E-state index contributed by atoms with van der Waals surface area (Å²) in [5, 5.41) is 6.60. The van der Waals surface area contributed by atoms with Crippen LogP contribution >= 0.6 is 24.0 Å². The lowest BCUT2D eigenvalue weighted by atomic mass is 10.1. The molecule has 0 heterocycles. The van der Waals surface area contributed by atoms with Gasteiger partial charge in [0.2, 0.25) is 0 Å². The minimum atomic E-state index is 0. The Hall–Kier alpha value is -1.06. The van der Waals surface area contributed by atoms with Crippen LogP contribution in [0.25, 0.3) is 0 Å².